The summed E-state index contributed by atoms with van der Waals surface area (Å²) in [7, 11) is 0. The van der Waals surface area contributed by atoms with Crippen molar-refractivity contribution in [3.63, 3.8) is 0 Å². The summed E-state index contributed by atoms with van der Waals surface area (Å²) in [6.07, 6.45) is 2.17. The fourth-order valence-corrected chi connectivity index (χ4v) is 1.45. The summed E-state index contributed by atoms with van der Waals surface area (Å²) in [4.78, 5) is 0. The van der Waals surface area contributed by atoms with Gasteiger partial charge in [-0.15, -0.1) is 0 Å². The van der Waals surface area contributed by atoms with E-state index in [4.69, 9.17) is 15.0 Å². The van der Waals surface area contributed by atoms with Crippen LogP contribution in [-0.2, 0) is 13.0 Å². The highest BCUT2D eigenvalue weighted by atomic mass is 19.1. The van der Waals surface area contributed by atoms with E-state index in [1.807, 2.05) is 0 Å². The highest BCUT2D eigenvalue weighted by Gasteiger charge is 2.06. The Morgan fingerprint density at radius 3 is 2.88 bits per heavy atom. The lowest BCUT2D eigenvalue weighted by Gasteiger charge is -2.06. The van der Waals surface area contributed by atoms with Gasteiger partial charge in [0.2, 0.25) is 0 Å². The Hall–Kier alpha value is -1.88. The zero-order chi connectivity index (χ0) is 12.1. The number of aromatic nitrogens is 1. The summed E-state index contributed by atoms with van der Waals surface area (Å²) >= 11 is 0. The molecule has 0 fully saturated rings. The Kier molecular flexibility index (Phi) is 3.72. The Bertz CT molecular complexity index is 471. The Morgan fingerprint density at radius 1 is 1.35 bits per heavy atom. The molecule has 17 heavy (non-hydrogen) atoms. The fourth-order valence-electron chi connectivity index (χ4n) is 1.45. The van der Waals surface area contributed by atoms with E-state index < -0.39 is 5.82 Å². The third-order valence-electron chi connectivity index (χ3n) is 2.29. The summed E-state index contributed by atoms with van der Waals surface area (Å²) in [5.41, 5.74) is 6.26. The molecule has 1 aromatic carbocycles. The van der Waals surface area contributed by atoms with Crippen LogP contribution in [0.5, 0.6) is 5.75 Å². The number of nitrogens with two attached hydrogens (primary N) is 1. The molecule has 0 aliphatic carbocycles. The van der Waals surface area contributed by atoms with Crippen LogP contribution in [0.4, 0.5) is 4.39 Å². The van der Waals surface area contributed by atoms with Gasteiger partial charge < -0.3 is 15.0 Å². The van der Waals surface area contributed by atoms with Gasteiger partial charge in [-0.05, 0) is 30.7 Å². The maximum atomic E-state index is 13.6. The van der Waals surface area contributed by atoms with Crippen molar-refractivity contribution in [2.75, 3.05) is 6.54 Å². The lowest BCUT2D eigenvalue weighted by Crippen LogP contribution is -2.03. The topological polar surface area (TPSA) is 61.3 Å². The quantitative estimate of drug-likeness (QED) is 0.861. The minimum absolute atomic E-state index is 0.160. The Balaban J connectivity index is 2.01. The van der Waals surface area contributed by atoms with Crippen molar-refractivity contribution < 1.29 is 13.7 Å². The average molecular weight is 236 g/mol. The van der Waals surface area contributed by atoms with Gasteiger partial charge in [-0.25, -0.2) is 4.39 Å². The molecule has 0 atom stereocenters. The summed E-state index contributed by atoms with van der Waals surface area (Å²) in [6, 6.07) is 6.49. The van der Waals surface area contributed by atoms with Crippen molar-refractivity contribution >= 4 is 0 Å². The van der Waals surface area contributed by atoms with E-state index in [1.165, 1.54) is 12.3 Å². The van der Waals surface area contributed by atoms with Crippen molar-refractivity contribution in [1.82, 2.24) is 5.16 Å². The molecule has 0 bridgehead atoms. The third-order valence-corrected chi connectivity index (χ3v) is 2.29. The highest BCUT2D eigenvalue weighted by molar-refractivity contribution is 5.29. The number of nitrogens with zero attached hydrogens (tertiary/aromatic N) is 1. The minimum Gasteiger partial charge on any atom is -0.482 e. The molecule has 2 N–H and O–H groups in total. The number of rotatable bonds is 5. The van der Waals surface area contributed by atoms with Crippen molar-refractivity contribution in [1.29, 1.82) is 0 Å². The molecule has 5 heteroatoms. The molecule has 0 spiro atoms. The molecule has 90 valence electrons. The predicted octanol–water partition coefficient (Wildman–Crippen LogP) is 1.89. The van der Waals surface area contributed by atoms with Crippen LogP contribution in [0, 0.1) is 5.82 Å². The molecule has 0 saturated carbocycles. The van der Waals surface area contributed by atoms with E-state index in [1.54, 1.807) is 18.2 Å². The molecule has 2 rings (SSSR count). The zero-order valence-corrected chi connectivity index (χ0v) is 9.23. The van der Waals surface area contributed by atoms with Gasteiger partial charge in [0, 0.05) is 6.07 Å². The van der Waals surface area contributed by atoms with Crippen molar-refractivity contribution in [2.45, 2.75) is 13.0 Å². The van der Waals surface area contributed by atoms with Crippen molar-refractivity contribution in [2.24, 2.45) is 5.73 Å². The van der Waals surface area contributed by atoms with Gasteiger partial charge in [0.05, 0.1) is 6.20 Å². The zero-order valence-electron chi connectivity index (χ0n) is 9.23. The first-order chi connectivity index (χ1) is 8.29. The third kappa shape index (κ3) is 3.04. The Morgan fingerprint density at radius 2 is 2.24 bits per heavy atom. The minimum atomic E-state index is -0.393. The molecule has 0 aliphatic rings. The lowest BCUT2D eigenvalue weighted by atomic mass is 10.1. The molecule has 0 radical (unpaired) electrons. The summed E-state index contributed by atoms with van der Waals surface area (Å²) in [6.45, 7) is 0.658. The second kappa shape index (κ2) is 5.45. The molecule has 0 aliphatic heterocycles. The van der Waals surface area contributed by atoms with Crippen LogP contribution in [0.15, 0.2) is 35.0 Å². The molecule has 0 unspecified atom stereocenters. The highest BCUT2D eigenvalue weighted by Crippen LogP contribution is 2.19. The molecule has 1 aromatic heterocycles. The predicted molar refractivity (Wildman–Crippen MR) is 60.0 cm³/mol. The molecule has 0 saturated heterocycles. The second-order valence-corrected chi connectivity index (χ2v) is 3.57. The molecule has 2 aromatic rings. The summed E-state index contributed by atoms with van der Waals surface area (Å²) in [5, 5.41) is 3.53. The smallest absolute Gasteiger partial charge is 0.174 e. The Labute approximate surface area is 98.2 Å². The van der Waals surface area contributed by atoms with E-state index in [9.17, 15) is 4.39 Å². The van der Waals surface area contributed by atoms with Crippen LogP contribution in [0.1, 0.15) is 11.3 Å². The first-order valence-electron chi connectivity index (χ1n) is 5.30. The van der Waals surface area contributed by atoms with Crippen molar-refractivity contribution in [3.8, 4) is 5.75 Å². The van der Waals surface area contributed by atoms with Gasteiger partial charge >= 0.3 is 0 Å². The molecule has 1 heterocycles. The average Bonchev–Trinajstić information content (AvgIpc) is 2.81. The van der Waals surface area contributed by atoms with E-state index in [-0.39, 0.29) is 12.4 Å². The monoisotopic (exact) mass is 236 g/mol. The van der Waals surface area contributed by atoms with Crippen LogP contribution in [-0.4, -0.2) is 11.7 Å². The standard InChI is InChI=1S/C12H13FN2O2/c13-11-7-9(3-5-14)1-2-12(11)16-8-10-4-6-15-17-10/h1-2,4,6-7H,3,5,8,14H2. The normalized spacial score (nSPS) is 10.5. The van der Waals surface area contributed by atoms with Crippen LogP contribution in [0.25, 0.3) is 0 Å². The van der Waals surface area contributed by atoms with Crippen LogP contribution >= 0.6 is 0 Å². The van der Waals surface area contributed by atoms with E-state index in [0.717, 1.165) is 5.56 Å². The first kappa shape index (κ1) is 11.6. The van der Waals surface area contributed by atoms with Gasteiger partial charge in [-0.1, -0.05) is 11.2 Å². The number of hydrogen-bond acceptors (Lipinski definition) is 4. The SMILES string of the molecule is NCCc1ccc(OCc2ccno2)c(F)c1. The molecular weight excluding hydrogens is 223 g/mol. The number of hydrogen-bond donors (Lipinski definition) is 1. The summed E-state index contributed by atoms with van der Waals surface area (Å²) < 4.78 is 23.7. The molecule has 0 amide bonds. The van der Waals surface area contributed by atoms with E-state index in [0.29, 0.717) is 18.7 Å². The number of ether oxygens (including phenoxy) is 1. The maximum absolute atomic E-state index is 13.6. The lowest BCUT2D eigenvalue weighted by molar-refractivity contribution is 0.240. The van der Waals surface area contributed by atoms with Crippen LogP contribution < -0.4 is 10.5 Å². The van der Waals surface area contributed by atoms with E-state index >= 15 is 0 Å². The molecular formula is C12H13FN2O2. The molecule has 4 nitrogen and oxygen atoms in total. The van der Waals surface area contributed by atoms with Crippen molar-refractivity contribution in [3.05, 3.63) is 47.6 Å². The van der Waals surface area contributed by atoms with Gasteiger partial charge in [-0.2, -0.15) is 0 Å². The largest absolute Gasteiger partial charge is 0.482 e. The second-order valence-electron chi connectivity index (χ2n) is 3.57. The van der Waals surface area contributed by atoms with E-state index in [2.05, 4.69) is 5.16 Å². The summed E-state index contributed by atoms with van der Waals surface area (Å²) in [5.74, 6) is 0.355. The maximum Gasteiger partial charge on any atom is 0.174 e. The number of benzene rings is 1. The van der Waals surface area contributed by atoms with Crippen LogP contribution in [0.3, 0.4) is 0 Å². The number of halogens is 1. The van der Waals surface area contributed by atoms with Gasteiger partial charge in [0.25, 0.3) is 0 Å². The van der Waals surface area contributed by atoms with Gasteiger partial charge in [-0.3, -0.25) is 0 Å². The van der Waals surface area contributed by atoms with Gasteiger partial charge in [0.15, 0.2) is 17.3 Å². The van der Waals surface area contributed by atoms with Crippen LogP contribution in [0.2, 0.25) is 0 Å². The fraction of sp³-hybridized carbons (Fsp3) is 0.250. The van der Waals surface area contributed by atoms with Gasteiger partial charge in [0.1, 0.15) is 6.61 Å². The first-order valence-corrected chi connectivity index (χ1v) is 5.30.